The van der Waals surface area contributed by atoms with Crippen molar-refractivity contribution in [3.63, 3.8) is 0 Å². The van der Waals surface area contributed by atoms with E-state index in [1.807, 2.05) is 0 Å². The Labute approximate surface area is 110 Å². The van der Waals surface area contributed by atoms with E-state index in [4.69, 9.17) is 26.9 Å². The molecule has 0 aromatic heterocycles. The number of hydrogen-bond acceptors (Lipinski definition) is 4. The lowest BCUT2D eigenvalue weighted by Gasteiger charge is -2.13. The van der Waals surface area contributed by atoms with Crippen LogP contribution in [0.15, 0.2) is 24.3 Å². The number of hydrogen-bond donors (Lipinski definition) is 2. The molecule has 1 amide bonds. The molecule has 0 radical (unpaired) electrons. The Kier molecular flexibility index (Phi) is 4.41. The summed E-state index contributed by atoms with van der Waals surface area (Å²) < 4.78 is 11.1. The highest BCUT2D eigenvalue weighted by Gasteiger charge is 2.30. The summed E-state index contributed by atoms with van der Waals surface area (Å²) in [4.78, 5) is 11.3. The van der Waals surface area contributed by atoms with E-state index in [-0.39, 0.29) is 12.0 Å². The van der Waals surface area contributed by atoms with Crippen molar-refractivity contribution >= 4 is 17.5 Å². The van der Waals surface area contributed by atoms with E-state index >= 15 is 0 Å². The molecule has 0 saturated carbocycles. The monoisotopic (exact) mass is 270 g/mol. The lowest BCUT2D eigenvalue weighted by atomic mass is 10.2. The molecule has 1 aromatic rings. The summed E-state index contributed by atoms with van der Waals surface area (Å²) in [6.45, 7) is 0.413. The fraction of sp³-hybridized carbons (Fsp3) is 0.417. The summed E-state index contributed by atoms with van der Waals surface area (Å²) >= 11 is 5.77. The van der Waals surface area contributed by atoms with Crippen molar-refractivity contribution in [1.82, 2.24) is 5.43 Å². The number of hydrazine groups is 1. The maximum Gasteiger partial charge on any atom is 0.263 e. The third-order valence-electron chi connectivity index (χ3n) is 2.79. The Bertz CT molecular complexity index is 410. The summed E-state index contributed by atoms with van der Waals surface area (Å²) in [5, 5.41) is 0.666. The van der Waals surface area contributed by atoms with Crippen LogP contribution in [0, 0.1) is 0 Å². The van der Waals surface area contributed by atoms with Gasteiger partial charge in [-0.15, -0.1) is 0 Å². The predicted octanol–water partition coefficient (Wildman–Crippen LogP) is 1.26. The molecular formula is C12H15ClN2O3. The molecule has 1 aliphatic heterocycles. The van der Waals surface area contributed by atoms with Gasteiger partial charge in [0.1, 0.15) is 18.5 Å². The first kappa shape index (κ1) is 13.1. The lowest BCUT2D eigenvalue weighted by Crippen LogP contribution is -2.39. The molecule has 1 saturated heterocycles. The number of amides is 1. The zero-order valence-corrected chi connectivity index (χ0v) is 10.5. The maximum absolute atomic E-state index is 11.3. The Morgan fingerprint density at radius 1 is 1.44 bits per heavy atom. The van der Waals surface area contributed by atoms with E-state index in [2.05, 4.69) is 5.43 Å². The van der Waals surface area contributed by atoms with Crippen LogP contribution in [-0.4, -0.2) is 24.7 Å². The van der Waals surface area contributed by atoms with Gasteiger partial charge in [0, 0.05) is 5.02 Å². The Balaban J connectivity index is 1.78. The molecule has 98 valence electrons. The van der Waals surface area contributed by atoms with Crippen LogP contribution in [0.2, 0.25) is 5.02 Å². The fourth-order valence-electron chi connectivity index (χ4n) is 1.83. The summed E-state index contributed by atoms with van der Waals surface area (Å²) in [5.41, 5.74) is 2.09. The SMILES string of the molecule is NNC(=O)C1CCC(COc2ccc(Cl)cc2)O1. The largest absolute Gasteiger partial charge is 0.491 e. The van der Waals surface area contributed by atoms with Crippen molar-refractivity contribution in [2.75, 3.05) is 6.61 Å². The molecule has 0 bridgehead atoms. The molecule has 0 aliphatic carbocycles. The Morgan fingerprint density at radius 3 is 2.83 bits per heavy atom. The van der Waals surface area contributed by atoms with Crippen molar-refractivity contribution in [2.45, 2.75) is 25.0 Å². The van der Waals surface area contributed by atoms with E-state index in [0.717, 1.165) is 12.2 Å². The zero-order chi connectivity index (χ0) is 13.0. The van der Waals surface area contributed by atoms with Crippen LogP contribution < -0.4 is 16.0 Å². The second-order valence-corrected chi connectivity index (χ2v) is 4.53. The van der Waals surface area contributed by atoms with Gasteiger partial charge in [0.05, 0.1) is 6.10 Å². The number of carbonyl (C=O) groups excluding carboxylic acids is 1. The van der Waals surface area contributed by atoms with Gasteiger partial charge in [-0.1, -0.05) is 11.6 Å². The molecule has 1 aromatic carbocycles. The van der Waals surface area contributed by atoms with Gasteiger partial charge >= 0.3 is 0 Å². The number of nitrogens with two attached hydrogens (primary N) is 1. The number of carbonyl (C=O) groups is 1. The summed E-state index contributed by atoms with van der Waals surface area (Å²) in [6, 6.07) is 7.11. The highest BCUT2D eigenvalue weighted by atomic mass is 35.5. The maximum atomic E-state index is 11.3. The van der Waals surface area contributed by atoms with Gasteiger partial charge in [-0.2, -0.15) is 0 Å². The highest BCUT2D eigenvalue weighted by molar-refractivity contribution is 6.30. The minimum Gasteiger partial charge on any atom is -0.491 e. The number of benzene rings is 1. The number of nitrogens with one attached hydrogen (secondary N) is 1. The van der Waals surface area contributed by atoms with Crippen LogP contribution in [0.1, 0.15) is 12.8 Å². The van der Waals surface area contributed by atoms with Crippen LogP contribution in [0.3, 0.4) is 0 Å². The second-order valence-electron chi connectivity index (χ2n) is 4.10. The number of rotatable bonds is 4. The van der Waals surface area contributed by atoms with Gasteiger partial charge in [-0.3, -0.25) is 10.2 Å². The highest BCUT2D eigenvalue weighted by Crippen LogP contribution is 2.21. The normalized spacial score (nSPS) is 22.8. The average molecular weight is 271 g/mol. The Morgan fingerprint density at radius 2 is 2.17 bits per heavy atom. The lowest BCUT2D eigenvalue weighted by molar-refractivity contribution is -0.132. The van der Waals surface area contributed by atoms with Crippen LogP contribution in [0.4, 0.5) is 0 Å². The topological polar surface area (TPSA) is 73.6 Å². The van der Waals surface area contributed by atoms with Gasteiger partial charge in [0.2, 0.25) is 0 Å². The minimum atomic E-state index is -0.464. The van der Waals surface area contributed by atoms with Crippen LogP contribution >= 0.6 is 11.6 Å². The van der Waals surface area contributed by atoms with Gasteiger partial charge in [-0.25, -0.2) is 5.84 Å². The van der Waals surface area contributed by atoms with E-state index in [9.17, 15) is 4.79 Å². The average Bonchev–Trinajstić information content (AvgIpc) is 2.86. The smallest absolute Gasteiger partial charge is 0.263 e. The summed E-state index contributed by atoms with van der Waals surface area (Å²) in [7, 11) is 0. The van der Waals surface area contributed by atoms with Crippen molar-refractivity contribution in [2.24, 2.45) is 5.84 Å². The molecule has 1 heterocycles. The molecule has 18 heavy (non-hydrogen) atoms. The number of ether oxygens (including phenoxy) is 2. The van der Waals surface area contributed by atoms with Crippen LogP contribution in [-0.2, 0) is 9.53 Å². The molecule has 2 rings (SSSR count). The van der Waals surface area contributed by atoms with Crippen molar-refractivity contribution in [1.29, 1.82) is 0 Å². The van der Waals surface area contributed by atoms with Gasteiger partial charge in [0.15, 0.2) is 0 Å². The van der Waals surface area contributed by atoms with Crippen molar-refractivity contribution < 1.29 is 14.3 Å². The predicted molar refractivity (Wildman–Crippen MR) is 67.2 cm³/mol. The molecule has 2 unspecified atom stereocenters. The quantitative estimate of drug-likeness (QED) is 0.491. The number of halogens is 1. The first-order chi connectivity index (χ1) is 8.69. The molecule has 5 nitrogen and oxygen atoms in total. The van der Waals surface area contributed by atoms with E-state index in [1.54, 1.807) is 24.3 Å². The molecule has 6 heteroatoms. The van der Waals surface area contributed by atoms with Gasteiger partial charge in [0.25, 0.3) is 5.91 Å². The third kappa shape index (κ3) is 3.35. The molecular weight excluding hydrogens is 256 g/mol. The zero-order valence-electron chi connectivity index (χ0n) is 9.77. The van der Waals surface area contributed by atoms with Crippen LogP contribution in [0.5, 0.6) is 5.75 Å². The molecule has 1 fully saturated rings. The fourth-order valence-corrected chi connectivity index (χ4v) is 1.96. The van der Waals surface area contributed by atoms with Crippen LogP contribution in [0.25, 0.3) is 0 Å². The summed E-state index contributed by atoms with van der Waals surface area (Å²) in [6.07, 6.45) is 0.903. The third-order valence-corrected chi connectivity index (χ3v) is 3.04. The first-order valence-corrected chi connectivity index (χ1v) is 6.11. The van der Waals surface area contributed by atoms with E-state index in [0.29, 0.717) is 18.1 Å². The van der Waals surface area contributed by atoms with E-state index in [1.165, 1.54) is 0 Å². The molecule has 2 atom stereocenters. The standard InChI is InChI=1S/C12H15ClN2O3/c13-8-1-3-9(4-2-8)17-7-10-5-6-11(18-10)12(16)15-14/h1-4,10-11H,5-7,14H2,(H,15,16). The van der Waals surface area contributed by atoms with Gasteiger partial charge < -0.3 is 9.47 Å². The van der Waals surface area contributed by atoms with Gasteiger partial charge in [-0.05, 0) is 37.1 Å². The van der Waals surface area contributed by atoms with Crippen molar-refractivity contribution in [3.05, 3.63) is 29.3 Å². The molecule has 0 spiro atoms. The first-order valence-electron chi connectivity index (χ1n) is 5.73. The minimum absolute atomic E-state index is 0.0806. The van der Waals surface area contributed by atoms with E-state index < -0.39 is 6.10 Å². The Hall–Kier alpha value is -1.30. The molecule has 1 aliphatic rings. The second kappa shape index (κ2) is 6.04. The molecule has 3 N–H and O–H groups in total. The summed E-state index contributed by atoms with van der Waals surface area (Å²) in [5.74, 6) is 5.50. The van der Waals surface area contributed by atoms with Crippen molar-refractivity contribution in [3.8, 4) is 5.75 Å².